The topological polar surface area (TPSA) is 82.5 Å². The zero-order chi connectivity index (χ0) is 20.4. The Balaban J connectivity index is 1.44. The van der Waals surface area contributed by atoms with Crippen LogP contribution >= 0.6 is 22.9 Å². The van der Waals surface area contributed by atoms with E-state index in [0.29, 0.717) is 16.4 Å². The van der Waals surface area contributed by atoms with Gasteiger partial charge in [0.2, 0.25) is 0 Å². The minimum atomic E-state index is -0.538. The second kappa shape index (κ2) is 8.52. The number of fused-ring (bicyclic) bond motifs is 1. The predicted octanol–water partition coefficient (Wildman–Crippen LogP) is 3.50. The molecule has 1 atom stereocenters. The van der Waals surface area contributed by atoms with Gasteiger partial charge in [0.1, 0.15) is 9.71 Å². The summed E-state index contributed by atoms with van der Waals surface area (Å²) in [6.45, 7) is 2.71. The third-order valence-electron chi connectivity index (χ3n) is 4.71. The average molecular weight is 434 g/mol. The van der Waals surface area contributed by atoms with Crippen molar-refractivity contribution in [3.8, 4) is 5.69 Å². The number of hydrogen-bond acceptors (Lipinski definition) is 6. The van der Waals surface area contributed by atoms with Gasteiger partial charge in [-0.1, -0.05) is 23.7 Å². The maximum atomic E-state index is 12.4. The molecule has 0 bridgehead atoms. The van der Waals surface area contributed by atoms with Crippen LogP contribution in [0.4, 0.5) is 0 Å². The molecule has 4 rings (SSSR count). The molecule has 0 aliphatic carbocycles. The summed E-state index contributed by atoms with van der Waals surface area (Å²) in [6.07, 6.45) is 1.99. The smallest absolute Gasteiger partial charge is 0.348 e. The van der Waals surface area contributed by atoms with Gasteiger partial charge in [-0.05, 0) is 38.0 Å². The molecule has 7 nitrogen and oxygen atoms in total. The van der Waals surface area contributed by atoms with Crippen molar-refractivity contribution in [2.24, 2.45) is 0 Å². The second-order valence-electron chi connectivity index (χ2n) is 6.79. The maximum Gasteiger partial charge on any atom is 0.348 e. The van der Waals surface area contributed by atoms with E-state index in [1.807, 2.05) is 25.1 Å². The number of esters is 1. The Labute approximate surface area is 176 Å². The molecule has 3 aromatic rings. The average Bonchev–Trinajstić information content (AvgIpc) is 3.44. The van der Waals surface area contributed by atoms with Crippen LogP contribution in [0, 0.1) is 6.92 Å². The fourth-order valence-electron chi connectivity index (χ4n) is 3.22. The van der Waals surface area contributed by atoms with Crippen molar-refractivity contribution in [2.45, 2.75) is 25.9 Å². The van der Waals surface area contributed by atoms with E-state index in [4.69, 9.17) is 21.1 Å². The minimum absolute atomic E-state index is 0.0491. The maximum absolute atomic E-state index is 12.4. The van der Waals surface area contributed by atoms with Gasteiger partial charge in [0, 0.05) is 18.5 Å². The standard InChI is InChI=1S/C20H20ClN3O4S/c1-12-14-9-17(20(26)28-11-18(25)22-10-13-5-4-8-27-13)29-19(14)24(23-12)16-7-3-2-6-15(16)21/h2-3,6-7,9,13H,4-5,8,10-11H2,1H3,(H,22,25). The molecule has 152 valence electrons. The number of carbonyl (C=O) groups is 2. The molecule has 1 aliphatic heterocycles. The van der Waals surface area contributed by atoms with Crippen molar-refractivity contribution in [3.63, 3.8) is 0 Å². The van der Waals surface area contributed by atoms with Crippen LogP contribution in [0.2, 0.25) is 5.02 Å². The Morgan fingerprint density at radius 2 is 2.24 bits per heavy atom. The molecule has 0 radical (unpaired) electrons. The van der Waals surface area contributed by atoms with Crippen LogP contribution in [0.5, 0.6) is 0 Å². The summed E-state index contributed by atoms with van der Waals surface area (Å²) in [7, 11) is 0. The van der Waals surface area contributed by atoms with Gasteiger partial charge < -0.3 is 14.8 Å². The third kappa shape index (κ3) is 4.29. The molecule has 29 heavy (non-hydrogen) atoms. The van der Waals surface area contributed by atoms with E-state index in [0.717, 1.165) is 41.0 Å². The zero-order valence-electron chi connectivity index (χ0n) is 15.8. The molecule has 9 heteroatoms. The van der Waals surface area contributed by atoms with Crippen LogP contribution in [0.3, 0.4) is 0 Å². The number of halogens is 1. The largest absolute Gasteiger partial charge is 0.451 e. The van der Waals surface area contributed by atoms with Crippen LogP contribution in [-0.4, -0.2) is 47.5 Å². The third-order valence-corrected chi connectivity index (χ3v) is 6.12. The van der Waals surface area contributed by atoms with Gasteiger partial charge in [-0.2, -0.15) is 5.10 Å². The molecule has 1 saturated heterocycles. The Hall–Kier alpha value is -2.42. The highest BCUT2D eigenvalue weighted by molar-refractivity contribution is 7.20. The van der Waals surface area contributed by atoms with Crippen molar-refractivity contribution in [1.82, 2.24) is 15.1 Å². The molecular formula is C20H20ClN3O4S. The number of nitrogens with one attached hydrogen (secondary N) is 1. The van der Waals surface area contributed by atoms with E-state index < -0.39 is 5.97 Å². The molecule has 1 amide bonds. The first-order valence-electron chi connectivity index (χ1n) is 9.32. The number of carbonyl (C=O) groups excluding carboxylic acids is 2. The summed E-state index contributed by atoms with van der Waals surface area (Å²) in [5.41, 5.74) is 1.52. The lowest BCUT2D eigenvalue weighted by Crippen LogP contribution is -2.34. The SMILES string of the molecule is Cc1nn(-c2ccccc2Cl)c2sc(C(=O)OCC(=O)NCC3CCCO3)cc12. The lowest BCUT2D eigenvalue weighted by atomic mass is 10.2. The van der Waals surface area contributed by atoms with E-state index in [2.05, 4.69) is 10.4 Å². The van der Waals surface area contributed by atoms with Gasteiger partial charge in [-0.15, -0.1) is 11.3 Å². The molecular weight excluding hydrogens is 414 g/mol. The highest BCUT2D eigenvalue weighted by Gasteiger charge is 2.20. The zero-order valence-corrected chi connectivity index (χ0v) is 17.4. The van der Waals surface area contributed by atoms with E-state index >= 15 is 0 Å². The Morgan fingerprint density at radius 3 is 3.00 bits per heavy atom. The molecule has 1 aromatic carbocycles. The molecule has 3 heterocycles. The lowest BCUT2D eigenvalue weighted by molar-refractivity contribution is -0.124. The lowest BCUT2D eigenvalue weighted by Gasteiger charge is -2.10. The fraction of sp³-hybridized carbons (Fsp3) is 0.350. The van der Waals surface area contributed by atoms with Crippen LogP contribution < -0.4 is 5.32 Å². The van der Waals surface area contributed by atoms with E-state index in [1.54, 1.807) is 16.8 Å². The number of benzene rings is 1. The molecule has 1 unspecified atom stereocenters. The minimum Gasteiger partial charge on any atom is -0.451 e. The number of aromatic nitrogens is 2. The molecule has 0 spiro atoms. The summed E-state index contributed by atoms with van der Waals surface area (Å²) in [4.78, 5) is 25.6. The number of hydrogen-bond donors (Lipinski definition) is 1. The molecule has 1 fully saturated rings. The van der Waals surface area contributed by atoms with Crippen LogP contribution in [0.15, 0.2) is 30.3 Å². The Bertz CT molecular complexity index is 1060. The van der Waals surface area contributed by atoms with Crippen LogP contribution in [-0.2, 0) is 14.3 Å². The highest BCUT2D eigenvalue weighted by atomic mass is 35.5. The quantitative estimate of drug-likeness (QED) is 0.601. The molecule has 1 N–H and O–H groups in total. The number of para-hydroxylation sites is 1. The fourth-order valence-corrected chi connectivity index (χ4v) is 4.51. The normalized spacial score (nSPS) is 16.3. The van der Waals surface area contributed by atoms with Crippen LogP contribution in [0.25, 0.3) is 15.9 Å². The van der Waals surface area contributed by atoms with Crippen molar-refractivity contribution in [1.29, 1.82) is 0 Å². The van der Waals surface area contributed by atoms with Crippen molar-refractivity contribution < 1.29 is 19.1 Å². The number of rotatable bonds is 6. The van der Waals surface area contributed by atoms with Gasteiger partial charge in [0.15, 0.2) is 6.61 Å². The van der Waals surface area contributed by atoms with Gasteiger partial charge >= 0.3 is 5.97 Å². The number of aryl methyl sites for hydroxylation is 1. The number of ether oxygens (including phenoxy) is 2. The number of amides is 1. The van der Waals surface area contributed by atoms with Crippen molar-refractivity contribution in [3.05, 3.63) is 45.9 Å². The van der Waals surface area contributed by atoms with Gasteiger partial charge in [0.25, 0.3) is 5.91 Å². The number of thiophene rings is 1. The molecule has 1 aliphatic rings. The summed E-state index contributed by atoms with van der Waals surface area (Å²) in [5.74, 6) is -0.878. The van der Waals surface area contributed by atoms with E-state index in [9.17, 15) is 9.59 Å². The first-order chi connectivity index (χ1) is 14.0. The summed E-state index contributed by atoms with van der Waals surface area (Å²) < 4.78 is 12.4. The highest BCUT2D eigenvalue weighted by Crippen LogP contribution is 2.32. The monoisotopic (exact) mass is 433 g/mol. The Kier molecular flexibility index (Phi) is 5.84. The van der Waals surface area contributed by atoms with E-state index in [-0.39, 0.29) is 18.6 Å². The van der Waals surface area contributed by atoms with Gasteiger partial charge in [0.05, 0.1) is 22.5 Å². The summed E-state index contributed by atoms with van der Waals surface area (Å²) in [6, 6.07) is 9.12. The van der Waals surface area contributed by atoms with Crippen molar-refractivity contribution in [2.75, 3.05) is 19.8 Å². The first kappa shape index (κ1) is 19.9. The molecule has 2 aromatic heterocycles. The van der Waals surface area contributed by atoms with Crippen molar-refractivity contribution >= 4 is 45.0 Å². The molecule has 0 saturated carbocycles. The van der Waals surface area contributed by atoms with Gasteiger partial charge in [-0.3, -0.25) is 4.79 Å². The second-order valence-corrected chi connectivity index (χ2v) is 8.23. The number of nitrogens with zero attached hydrogens (tertiary/aromatic N) is 2. The Morgan fingerprint density at radius 1 is 1.41 bits per heavy atom. The summed E-state index contributed by atoms with van der Waals surface area (Å²) >= 11 is 7.56. The van der Waals surface area contributed by atoms with E-state index in [1.165, 1.54) is 11.3 Å². The van der Waals surface area contributed by atoms with Crippen LogP contribution in [0.1, 0.15) is 28.2 Å². The predicted molar refractivity (Wildman–Crippen MR) is 111 cm³/mol. The van der Waals surface area contributed by atoms with Gasteiger partial charge in [-0.25, -0.2) is 9.48 Å². The first-order valence-corrected chi connectivity index (χ1v) is 10.5. The summed E-state index contributed by atoms with van der Waals surface area (Å²) in [5, 5.41) is 8.68.